The number of benzene rings is 1. The van der Waals surface area contributed by atoms with Crippen LogP contribution in [0.1, 0.15) is 17.8 Å². The molecule has 0 N–H and O–H groups in total. The van der Waals surface area contributed by atoms with Crippen LogP contribution in [0.4, 0.5) is 0 Å². The number of nitrogens with zero attached hydrogens (tertiary/aromatic N) is 4. The van der Waals surface area contributed by atoms with E-state index in [-0.39, 0.29) is 5.92 Å². The fraction of sp³-hybridized carbons (Fsp3) is 0.429. The van der Waals surface area contributed by atoms with E-state index in [0.717, 1.165) is 35.4 Å². The maximum atomic E-state index is 13.0. The smallest absolute Gasteiger partial charge is 0.243 e. The molecule has 7 nitrogen and oxygen atoms in total. The SMILES string of the molecule is COCCn1c(CC2CCN(S(=O)(=O)c3cccc(C)c3)C2)nc2cccnc21. The first-order chi connectivity index (χ1) is 14.0. The third-order valence-electron chi connectivity index (χ3n) is 5.45. The van der Waals surface area contributed by atoms with E-state index in [0.29, 0.717) is 31.1 Å². The van der Waals surface area contributed by atoms with Crippen LogP contribution in [0.5, 0.6) is 0 Å². The standard InChI is InChI=1S/C21H26N4O3S/c1-16-5-3-6-18(13-16)29(26,27)24-10-8-17(15-24)14-20-23-19-7-4-9-22-21(19)25(20)11-12-28-2/h3-7,9,13,17H,8,10-12,14-15H2,1-2H3. The van der Waals surface area contributed by atoms with Gasteiger partial charge in [-0.1, -0.05) is 12.1 Å². The molecule has 154 valence electrons. The van der Waals surface area contributed by atoms with Crippen LogP contribution in [0.15, 0.2) is 47.5 Å². The average Bonchev–Trinajstić information content (AvgIpc) is 3.31. The molecule has 1 saturated heterocycles. The largest absolute Gasteiger partial charge is 0.383 e. The molecule has 1 aliphatic rings. The van der Waals surface area contributed by atoms with Gasteiger partial charge in [0, 0.05) is 39.4 Å². The van der Waals surface area contributed by atoms with E-state index in [9.17, 15) is 8.42 Å². The summed E-state index contributed by atoms with van der Waals surface area (Å²) in [5, 5.41) is 0. The zero-order valence-corrected chi connectivity index (χ0v) is 17.6. The van der Waals surface area contributed by atoms with Crippen LogP contribution < -0.4 is 0 Å². The van der Waals surface area contributed by atoms with Gasteiger partial charge in [0.05, 0.1) is 11.5 Å². The van der Waals surface area contributed by atoms with Crippen molar-refractivity contribution in [2.45, 2.75) is 31.2 Å². The normalized spacial score (nSPS) is 17.9. The minimum absolute atomic E-state index is 0.229. The molecule has 1 aromatic carbocycles. The summed E-state index contributed by atoms with van der Waals surface area (Å²) < 4.78 is 35.0. The van der Waals surface area contributed by atoms with Crippen molar-refractivity contribution in [3.63, 3.8) is 0 Å². The zero-order chi connectivity index (χ0) is 20.4. The van der Waals surface area contributed by atoms with Crippen LogP contribution >= 0.6 is 0 Å². The third-order valence-corrected chi connectivity index (χ3v) is 7.31. The Morgan fingerprint density at radius 3 is 2.90 bits per heavy atom. The number of aromatic nitrogens is 3. The molecule has 4 rings (SSSR count). The lowest BCUT2D eigenvalue weighted by atomic mass is 10.0. The van der Waals surface area contributed by atoms with Gasteiger partial charge in [-0.05, 0) is 49.1 Å². The van der Waals surface area contributed by atoms with Crippen molar-refractivity contribution >= 4 is 21.2 Å². The van der Waals surface area contributed by atoms with Gasteiger partial charge in [0.15, 0.2) is 5.65 Å². The average molecular weight is 415 g/mol. The summed E-state index contributed by atoms with van der Waals surface area (Å²) >= 11 is 0. The zero-order valence-electron chi connectivity index (χ0n) is 16.8. The Morgan fingerprint density at radius 1 is 1.24 bits per heavy atom. The molecule has 0 bridgehead atoms. The molecule has 1 aliphatic heterocycles. The summed E-state index contributed by atoms with van der Waals surface area (Å²) in [5.41, 5.74) is 2.66. The van der Waals surface area contributed by atoms with Gasteiger partial charge in [0.25, 0.3) is 0 Å². The lowest BCUT2D eigenvalue weighted by Gasteiger charge is -2.17. The monoisotopic (exact) mass is 414 g/mol. The lowest BCUT2D eigenvalue weighted by Crippen LogP contribution is -2.29. The Hall–Kier alpha value is -2.29. The maximum Gasteiger partial charge on any atom is 0.243 e. The molecule has 3 heterocycles. The molecule has 2 aromatic heterocycles. The van der Waals surface area contributed by atoms with Gasteiger partial charge >= 0.3 is 0 Å². The number of imidazole rings is 1. The molecule has 29 heavy (non-hydrogen) atoms. The highest BCUT2D eigenvalue weighted by Crippen LogP contribution is 2.27. The summed E-state index contributed by atoms with van der Waals surface area (Å²) in [6.45, 7) is 4.21. The molecule has 0 spiro atoms. The fourth-order valence-electron chi connectivity index (χ4n) is 3.94. The number of hydrogen-bond donors (Lipinski definition) is 0. The number of methoxy groups -OCH3 is 1. The number of rotatable bonds is 7. The van der Waals surface area contributed by atoms with Crippen LogP contribution in [-0.4, -0.2) is 54.1 Å². The van der Waals surface area contributed by atoms with E-state index < -0.39 is 10.0 Å². The Morgan fingerprint density at radius 2 is 2.10 bits per heavy atom. The molecular weight excluding hydrogens is 388 g/mol. The van der Waals surface area contributed by atoms with Crippen molar-refractivity contribution < 1.29 is 13.2 Å². The molecule has 0 amide bonds. The number of pyridine rings is 1. The highest BCUT2D eigenvalue weighted by molar-refractivity contribution is 7.89. The van der Waals surface area contributed by atoms with Crippen molar-refractivity contribution in [1.29, 1.82) is 0 Å². The van der Waals surface area contributed by atoms with E-state index in [1.165, 1.54) is 0 Å². The Balaban J connectivity index is 1.53. The second kappa shape index (κ2) is 8.22. The lowest BCUT2D eigenvalue weighted by molar-refractivity contribution is 0.187. The van der Waals surface area contributed by atoms with Gasteiger partial charge in [0.1, 0.15) is 11.3 Å². The van der Waals surface area contributed by atoms with Crippen LogP contribution in [0.25, 0.3) is 11.2 Å². The topological polar surface area (TPSA) is 77.3 Å². The first-order valence-corrected chi connectivity index (χ1v) is 11.3. The molecule has 0 saturated carbocycles. The number of aryl methyl sites for hydroxylation is 1. The minimum Gasteiger partial charge on any atom is -0.383 e. The second-order valence-electron chi connectivity index (χ2n) is 7.56. The van der Waals surface area contributed by atoms with Crippen molar-refractivity contribution in [1.82, 2.24) is 18.8 Å². The van der Waals surface area contributed by atoms with E-state index in [4.69, 9.17) is 9.72 Å². The van der Waals surface area contributed by atoms with Crippen molar-refractivity contribution in [3.8, 4) is 0 Å². The Bertz CT molecular complexity index is 1110. The van der Waals surface area contributed by atoms with Crippen LogP contribution in [0.2, 0.25) is 0 Å². The van der Waals surface area contributed by atoms with E-state index in [1.807, 2.05) is 25.1 Å². The van der Waals surface area contributed by atoms with Crippen molar-refractivity contribution in [3.05, 3.63) is 54.0 Å². The quantitative estimate of drug-likeness (QED) is 0.594. The molecule has 1 unspecified atom stereocenters. The summed E-state index contributed by atoms with van der Waals surface area (Å²) in [7, 11) is -1.78. The van der Waals surface area contributed by atoms with Gasteiger partial charge in [-0.15, -0.1) is 0 Å². The molecule has 8 heteroatoms. The second-order valence-corrected chi connectivity index (χ2v) is 9.49. The van der Waals surface area contributed by atoms with Crippen LogP contribution in [0.3, 0.4) is 0 Å². The molecule has 1 atom stereocenters. The maximum absolute atomic E-state index is 13.0. The number of ether oxygens (including phenoxy) is 1. The first kappa shape index (κ1) is 20.0. The number of fused-ring (bicyclic) bond motifs is 1. The third kappa shape index (κ3) is 4.05. The summed E-state index contributed by atoms with van der Waals surface area (Å²) in [6, 6.07) is 10.9. The van der Waals surface area contributed by atoms with Gasteiger partial charge in [-0.2, -0.15) is 4.31 Å². The first-order valence-electron chi connectivity index (χ1n) is 9.85. The van der Waals surface area contributed by atoms with Crippen molar-refractivity contribution in [2.24, 2.45) is 5.92 Å². The van der Waals surface area contributed by atoms with E-state index in [2.05, 4.69) is 9.55 Å². The van der Waals surface area contributed by atoms with Gasteiger partial charge in [-0.25, -0.2) is 18.4 Å². The summed E-state index contributed by atoms with van der Waals surface area (Å²) in [5.74, 6) is 1.17. The van der Waals surface area contributed by atoms with E-state index in [1.54, 1.807) is 35.8 Å². The molecule has 3 aromatic rings. The predicted octanol–water partition coefficient (Wildman–Crippen LogP) is 2.64. The highest BCUT2D eigenvalue weighted by Gasteiger charge is 2.33. The molecule has 1 fully saturated rings. The molecule has 0 radical (unpaired) electrons. The molecular formula is C21H26N4O3S. The van der Waals surface area contributed by atoms with E-state index >= 15 is 0 Å². The van der Waals surface area contributed by atoms with Gasteiger partial charge < -0.3 is 9.30 Å². The summed E-state index contributed by atoms with van der Waals surface area (Å²) in [6.07, 6.45) is 3.31. The summed E-state index contributed by atoms with van der Waals surface area (Å²) in [4.78, 5) is 9.60. The van der Waals surface area contributed by atoms with Crippen LogP contribution in [0, 0.1) is 12.8 Å². The predicted molar refractivity (Wildman–Crippen MR) is 111 cm³/mol. The minimum atomic E-state index is -3.46. The fourth-order valence-corrected chi connectivity index (χ4v) is 5.58. The number of hydrogen-bond acceptors (Lipinski definition) is 5. The number of sulfonamides is 1. The van der Waals surface area contributed by atoms with Crippen molar-refractivity contribution in [2.75, 3.05) is 26.8 Å². The van der Waals surface area contributed by atoms with Gasteiger partial charge in [0.2, 0.25) is 10.0 Å². The Kier molecular flexibility index (Phi) is 5.67. The highest BCUT2D eigenvalue weighted by atomic mass is 32.2. The molecule has 0 aliphatic carbocycles. The van der Waals surface area contributed by atoms with Gasteiger partial charge in [-0.3, -0.25) is 0 Å². The van der Waals surface area contributed by atoms with Crippen LogP contribution in [-0.2, 0) is 27.7 Å². The Labute approximate surface area is 171 Å².